The molecule has 1 N–H and O–H groups in total. The second kappa shape index (κ2) is 7.00. The number of hydrogen-bond acceptors (Lipinski definition) is 4. The molecule has 3 heterocycles. The summed E-state index contributed by atoms with van der Waals surface area (Å²) in [6.45, 7) is 6.66. The number of hydrogen-bond donors (Lipinski definition) is 1. The van der Waals surface area contributed by atoms with Crippen LogP contribution in [0.4, 0.5) is 5.82 Å². The summed E-state index contributed by atoms with van der Waals surface area (Å²) in [5.41, 5.74) is 2.06. The molecular weight excluding hydrogens is 336 g/mol. The zero-order chi connectivity index (χ0) is 18.1. The van der Waals surface area contributed by atoms with Gasteiger partial charge in [-0.05, 0) is 44.7 Å². The Morgan fingerprint density at radius 1 is 1.40 bits per heavy atom. The molecule has 2 aromatic rings. The molecule has 7 heteroatoms. The van der Waals surface area contributed by atoms with Crippen LogP contribution in [0, 0.1) is 13.8 Å². The molecule has 134 valence electrons. The molecule has 0 aliphatic carbocycles. The van der Waals surface area contributed by atoms with Gasteiger partial charge in [-0.2, -0.15) is 5.10 Å². The minimum absolute atomic E-state index is 0.0633. The highest BCUT2D eigenvalue weighted by atomic mass is 32.1. The number of anilines is 1. The molecular formula is C18H24N4O2S. The van der Waals surface area contributed by atoms with Crippen molar-refractivity contribution in [3.05, 3.63) is 33.1 Å². The number of thiophene rings is 1. The first-order valence-corrected chi connectivity index (χ1v) is 9.44. The molecule has 1 fully saturated rings. The summed E-state index contributed by atoms with van der Waals surface area (Å²) < 4.78 is 1.72. The largest absolute Gasteiger partial charge is 0.340 e. The number of rotatable bonds is 4. The minimum Gasteiger partial charge on any atom is -0.340 e. The zero-order valence-electron chi connectivity index (χ0n) is 15.1. The first kappa shape index (κ1) is 17.7. The summed E-state index contributed by atoms with van der Waals surface area (Å²) in [5, 5.41) is 7.24. The average molecular weight is 360 g/mol. The summed E-state index contributed by atoms with van der Waals surface area (Å²) in [6, 6.07) is 3.35. The normalized spacial score (nSPS) is 17.8. The maximum Gasteiger partial charge on any atom is 0.262 e. The summed E-state index contributed by atoms with van der Waals surface area (Å²) in [5.74, 6) is 0.558. The highest BCUT2D eigenvalue weighted by molar-refractivity contribution is 7.14. The number of aryl methyl sites for hydroxylation is 4. The van der Waals surface area contributed by atoms with E-state index in [9.17, 15) is 9.59 Å². The van der Waals surface area contributed by atoms with Gasteiger partial charge >= 0.3 is 0 Å². The average Bonchev–Trinajstić information content (AvgIpc) is 3.11. The van der Waals surface area contributed by atoms with Gasteiger partial charge in [-0.3, -0.25) is 19.2 Å². The third-order valence-corrected chi connectivity index (χ3v) is 5.71. The number of aromatic nitrogens is 2. The number of nitrogens with zero attached hydrogens (tertiary/aromatic N) is 3. The van der Waals surface area contributed by atoms with Gasteiger partial charge in [0.2, 0.25) is 0 Å². The molecule has 0 radical (unpaired) electrons. The molecule has 1 atom stereocenters. The standard InChI is InChI=1S/C18H24N4O2S/c1-5-13-10-15(25-12(13)3)17(23)19-14-7-6-8-22(18(14)24)16-9-11(2)20-21(16)4/h9-10,14H,5-8H2,1-4H3,(H,19,23)/t14-/m0/s1. The number of piperidine rings is 1. The van der Waals surface area contributed by atoms with E-state index in [4.69, 9.17) is 0 Å². The van der Waals surface area contributed by atoms with E-state index in [2.05, 4.69) is 17.3 Å². The Morgan fingerprint density at radius 2 is 2.16 bits per heavy atom. The molecule has 0 aromatic carbocycles. The lowest BCUT2D eigenvalue weighted by molar-refractivity contribution is -0.121. The SMILES string of the molecule is CCc1cc(C(=O)N[C@H]2CCCN(c3cc(C)nn3C)C2=O)sc1C. The molecule has 0 spiro atoms. The van der Waals surface area contributed by atoms with Crippen LogP contribution in [0.15, 0.2) is 12.1 Å². The molecule has 25 heavy (non-hydrogen) atoms. The fourth-order valence-electron chi connectivity index (χ4n) is 3.30. The molecule has 0 unspecified atom stereocenters. The maximum atomic E-state index is 12.9. The van der Waals surface area contributed by atoms with Gasteiger partial charge in [0.05, 0.1) is 10.6 Å². The Bertz CT molecular complexity index is 808. The van der Waals surface area contributed by atoms with E-state index in [0.717, 1.165) is 29.2 Å². The Balaban J connectivity index is 1.74. The van der Waals surface area contributed by atoms with E-state index in [1.165, 1.54) is 16.9 Å². The van der Waals surface area contributed by atoms with Crippen LogP contribution in [0.1, 0.15) is 45.6 Å². The van der Waals surface area contributed by atoms with E-state index in [1.807, 2.05) is 33.0 Å². The molecule has 1 aliphatic heterocycles. The van der Waals surface area contributed by atoms with Crippen molar-refractivity contribution in [1.82, 2.24) is 15.1 Å². The number of amides is 2. The second-order valence-corrected chi connectivity index (χ2v) is 7.73. The summed E-state index contributed by atoms with van der Waals surface area (Å²) in [6.07, 6.45) is 2.43. The zero-order valence-corrected chi connectivity index (χ0v) is 15.9. The van der Waals surface area contributed by atoms with Gasteiger partial charge < -0.3 is 5.32 Å². The molecule has 1 aliphatic rings. The highest BCUT2D eigenvalue weighted by Gasteiger charge is 2.32. The van der Waals surface area contributed by atoms with Gasteiger partial charge in [0.25, 0.3) is 11.8 Å². The monoisotopic (exact) mass is 360 g/mol. The summed E-state index contributed by atoms with van der Waals surface area (Å²) >= 11 is 1.49. The quantitative estimate of drug-likeness (QED) is 0.911. The van der Waals surface area contributed by atoms with Crippen molar-refractivity contribution in [2.45, 2.75) is 46.1 Å². The molecule has 6 nitrogen and oxygen atoms in total. The Morgan fingerprint density at radius 3 is 2.76 bits per heavy atom. The van der Waals surface area contributed by atoms with Gasteiger partial charge in [-0.15, -0.1) is 11.3 Å². The molecule has 2 amide bonds. The fourth-order valence-corrected chi connectivity index (χ4v) is 4.32. The van der Waals surface area contributed by atoms with Crippen LogP contribution in [0.3, 0.4) is 0 Å². The molecule has 0 bridgehead atoms. The Labute approximate surface area is 151 Å². The Kier molecular flexibility index (Phi) is 4.94. The molecule has 0 saturated carbocycles. The first-order valence-electron chi connectivity index (χ1n) is 8.63. The van der Waals surface area contributed by atoms with E-state index in [-0.39, 0.29) is 11.8 Å². The van der Waals surface area contributed by atoms with Gasteiger partial charge in [-0.25, -0.2) is 0 Å². The number of carbonyl (C=O) groups excluding carboxylic acids is 2. The van der Waals surface area contributed by atoms with Gasteiger partial charge in [-0.1, -0.05) is 6.92 Å². The predicted octanol–water partition coefficient (Wildman–Crippen LogP) is 2.59. The van der Waals surface area contributed by atoms with Crippen molar-refractivity contribution in [3.8, 4) is 0 Å². The third-order valence-electron chi connectivity index (χ3n) is 4.62. The van der Waals surface area contributed by atoms with Gasteiger partial charge in [0.15, 0.2) is 0 Å². The lowest BCUT2D eigenvalue weighted by atomic mass is 10.0. The highest BCUT2D eigenvalue weighted by Crippen LogP contribution is 2.24. The summed E-state index contributed by atoms with van der Waals surface area (Å²) in [7, 11) is 1.83. The van der Waals surface area contributed by atoms with Crippen molar-refractivity contribution in [3.63, 3.8) is 0 Å². The molecule has 3 rings (SSSR count). The van der Waals surface area contributed by atoms with E-state index >= 15 is 0 Å². The van der Waals surface area contributed by atoms with Crippen LogP contribution >= 0.6 is 11.3 Å². The lowest BCUT2D eigenvalue weighted by Crippen LogP contribution is -2.52. The van der Waals surface area contributed by atoms with E-state index in [1.54, 1.807) is 9.58 Å². The van der Waals surface area contributed by atoms with Crippen LogP contribution in [0.25, 0.3) is 0 Å². The van der Waals surface area contributed by atoms with E-state index < -0.39 is 6.04 Å². The smallest absolute Gasteiger partial charge is 0.262 e. The molecule has 2 aromatic heterocycles. The predicted molar refractivity (Wildman–Crippen MR) is 99.2 cm³/mol. The van der Waals surface area contributed by atoms with Crippen LogP contribution < -0.4 is 10.2 Å². The number of carbonyl (C=O) groups is 2. The van der Waals surface area contributed by atoms with Crippen molar-refractivity contribution >= 4 is 29.0 Å². The first-order chi connectivity index (χ1) is 11.9. The second-order valence-electron chi connectivity index (χ2n) is 6.47. The maximum absolute atomic E-state index is 12.9. The van der Waals surface area contributed by atoms with E-state index in [0.29, 0.717) is 17.8 Å². The van der Waals surface area contributed by atoms with Crippen molar-refractivity contribution < 1.29 is 9.59 Å². The van der Waals surface area contributed by atoms with Crippen molar-refractivity contribution in [1.29, 1.82) is 0 Å². The topological polar surface area (TPSA) is 67.2 Å². The van der Waals surface area contributed by atoms with Crippen LogP contribution in [-0.2, 0) is 18.3 Å². The minimum atomic E-state index is -0.482. The Hall–Kier alpha value is -2.15. The van der Waals surface area contributed by atoms with Crippen LogP contribution in [0.5, 0.6) is 0 Å². The molecule has 1 saturated heterocycles. The van der Waals surface area contributed by atoms with Crippen LogP contribution in [-0.4, -0.2) is 34.2 Å². The number of nitrogens with one attached hydrogen (secondary N) is 1. The van der Waals surface area contributed by atoms with Crippen molar-refractivity contribution in [2.24, 2.45) is 7.05 Å². The van der Waals surface area contributed by atoms with Gasteiger partial charge in [0.1, 0.15) is 11.9 Å². The van der Waals surface area contributed by atoms with Gasteiger partial charge in [0, 0.05) is 24.5 Å². The third kappa shape index (κ3) is 3.46. The van der Waals surface area contributed by atoms with Crippen molar-refractivity contribution in [2.75, 3.05) is 11.4 Å². The fraction of sp³-hybridized carbons (Fsp3) is 0.500. The van der Waals surface area contributed by atoms with Crippen LogP contribution in [0.2, 0.25) is 0 Å². The lowest BCUT2D eigenvalue weighted by Gasteiger charge is -2.32. The summed E-state index contributed by atoms with van der Waals surface area (Å²) in [4.78, 5) is 29.0.